The van der Waals surface area contributed by atoms with Crippen LogP contribution in [-0.2, 0) is 19.4 Å². The Labute approximate surface area is 95.3 Å². The molecule has 1 aliphatic heterocycles. The average molecular weight is 225 g/mol. The van der Waals surface area contributed by atoms with Gasteiger partial charge >= 0.3 is 0 Å². The Balaban J connectivity index is 2.05. The number of thiazole rings is 1. The van der Waals surface area contributed by atoms with Gasteiger partial charge in [0.2, 0.25) is 0 Å². The fourth-order valence-electron chi connectivity index (χ4n) is 2.00. The lowest BCUT2D eigenvalue weighted by molar-refractivity contribution is 0.263. The molecular weight excluding hydrogens is 206 g/mol. The standard InChI is InChI=1S/C11H19N3S/c1-2-3-11-13-9-4-6-14(7-5-12)8-10(9)15-11/h2-8,12H2,1H3. The second-order valence-electron chi connectivity index (χ2n) is 4.04. The summed E-state index contributed by atoms with van der Waals surface area (Å²) in [6.45, 7) is 6.17. The molecule has 0 fully saturated rings. The van der Waals surface area contributed by atoms with Gasteiger partial charge in [-0.2, -0.15) is 0 Å². The van der Waals surface area contributed by atoms with Crippen molar-refractivity contribution < 1.29 is 0 Å². The van der Waals surface area contributed by atoms with Gasteiger partial charge in [-0.25, -0.2) is 4.98 Å². The van der Waals surface area contributed by atoms with E-state index in [0.29, 0.717) is 0 Å². The van der Waals surface area contributed by atoms with E-state index in [-0.39, 0.29) is 0 Å². The Hall–Kier alpha value is -0.450. The molecule has 0 aromatic carbocycles. The molecule has 0 saturated carbocycles. The fraction of sp³-hybridized carbons (Fsp3) is 0.727. The number of rotatable bonds is 4. The van der Waals surface area contributed by atoms with Crippen LogP contribution in [-0.4, -0.2) is 29.5 Å². The number of nitrogens with zero attached hydrogens (tertiary/aromatic N) is 2. The second-order valence-corrected chi connectivity index (χ2v) is 5.21. The van der Waals surface area contributed by atoms with Gasteiger partial charge in [0.15, 0.2) is 0 Å². The van der Waals surface area contributed by atoms with Crippen LogP contribution in [0.1, 0.15) is 28.9 Å². The molecule has 1 aromatic heterocycles. The lowest BCUT2D eigenvalue weighted by Crippen LogP contribution is -2.33. The van der Waals surface area contributed by atoms with Crippen molar-refractivity contribution in [2.45, 2.75) is 32.7 Å². The van der Waals surface area contributed by atoms with Crippen molar-refractivity contribution in [1.82, 2.24) is 9.88 Å². The van der Waals surface area contributed by atoms with Crippen molar-refractivity contribution in [2.24, 2.45) is 5.73 Å². The summed E-state index contributed by atoms with van der Waals surface area (Å²) in [6.07, 6.45) is 3.43. The number of hydrogen-bond donors (Lipinski definition) is 1. The zero-order valence-corrected chi connectivity index (χ0v) is 10.1. The van der Waals surface area contributed by atoms with Crippen molar-refractivity contribution in [2.75, 3.05) is 19.6 Å². The summed E-state index contributed by atoms with van der Waals surface area (Å²) in [7, 11) is 0. The summed E-state index contributed by atoms with van der Waals surface area (Å²) in [5.74, 6) is 0. The fourth-order valence-corrected chi connectivity index (χ4v) is 3.26. The Morgan fingerprint density at radius 2 is 2.40 bits per heavy atom. The van der Waals surface area contributed by atoms with E-state index in [1.807, 2.05) is 11.3 Å². The number of nitrogens with two attached hydrogens (primary N) is 1. The highest BCUT2D eigenvalue weighted by molar-refractivity contribution is 7.11. The maximum atomic E-state index is 5.58. The molecule has 2 rings (SSSR count). The minimum absolute atomic E-state index is 0.760. The number of hydrogen-bond acceptors (Lipinski definition) is 4. The van der Waals surface area contributed by atoms with Crippen molar-refractivity contribution in [3.8, 4) is 0 Å². The lowest BCUT2D eigenvalue weighted by Gasteiger charge is -2.24. The van der Waals surface area contributed by atoms with Crippen LogP contribution >= 0.6 is 11.3 Å². The third kappa shape index (κ3) is 2.56. The van der Waals surface area contributed by atoms with Gasteiger partial charge in [-0.1, -0.05) is 6.92 Å². The van der Waals surface area contributed by atoms with Gasteiger partial charge in [0.05, 0.1) is 10.7 Å². The van der Waals surface area contributed by atoms with Gasteiger partial charge in [0, 0.05) is 37.5 Å². The summed E-state index contributed by atoms with van der Waals surface area (Å²) in [5, 5.41) is 1.32. The molecule has 0 aliphatic carbocycles. The molecule has 0 unspecified atom stereocenters. The number of aromatic nitrogens is 1. The quantitative estimate of drug-likeness (QED) is 0.842. The van der Waals surface area contributed by atoms with E-state index in [0.717, 1.165) is 39.0 Å². The molecule has 3 nitrogen and oxygen atoms in total. The smallest absolute Gasteiger partial charge is 0.0931 e. The van der Waals surface area contributed by atoms with Crippen molar-refractivity contribution >= 4 is 11.3 Å². The van der Waals surface area contributed by atoms with Crippen LogP contribution in [0.2, 0.25) is 0 Å². The largest absolute Gasteiger partial charge is 0.329 e. The first-order valence-electron chi connectivity index (χ1n) is 5.73. The van der Waals surface area contributed by atoms with E-state index in [1.165, 1.54) is 22.0 Å². The first-order valence-corrected chi connectivity index (χ1v) is 6.55. The van der Waals surface area contributed by atoms with E-state index >= 15 is 0 Å². The molecule has 4 heteroatoms. The molecule has 0 radical (unpaired) electrons. The third-order valence-corrected chi connectivity index (χ3v) is 3.91. The molecule has 2 N–H and O–H groups in total. The van der Waals surface area contributed by atoms with Crippen LogP contribution in [0.4, 0.5) is 0 Å². The molecule has 15 heavy (non-hydrogen) atoms. The maximum Gasteiger partial charge on any atom is 0.0931 e. The van der Waals surface area contributed by atoms with Gasteiger partial charge in [-0.15, -0.1) is 11.3 Å². The maximum absolute atomic E-state index is 5.58. The van der Waals surface area contributed by atoms with E-state index in [9.17, 15) is 0 Å². The minimum Gasteiger partial charge on any atom is -0.329 e. The molecule has 0 amide bonds. The summed E-state index contributed by atoms with van der Waals surface area (Å²) < 4.78 is 0. The van der Waals surface area contributed by atoms with Gasteiger partial charge in [0.1, 0.15) is 0 Å². The van der Waals surface area contributed by atoms with Gasteiger partial charge in [-0.3, -0.25) is 4.90 Å². The molecule has 1 aromatic rings. The normalized spacial score (nSPS) is 16.7. The van der Waals surface area contributed by atoms with Gasteiger partial charge in [-0.05, 0) is 12.8 Å². The van der Waals surface area contributed by atoms with E-state index in [2.05, 4.69) is 11.8 Å². The van der Waals surface area contributed by atoms with Crippen LogP contribution in [0.25, 0.3) is 0 Å². The molecule has 0 spiro atoms. The molecule has 0 bridgehead atoms. The molecule has 0 atom stereocenters. The zero-order valence-electron chi connectivity index (χ0n) is 9.33. The predicted molar refractivity (Wildman–Crippen MR) is 64.1 cm³/mol. The first kappa shape index (κ1) is 11.0. The average Bonchev–Trinajstić information content (AvgIpc) is 2.60. The summed E-state index contributed by atoms with van der Waals surface area (Å²) in [5.41, 5.74) is 6.92. The molecule has 0 saturated heterocycles. The summed E-state index contributed by atoms with van der Waals surface area (Å²) in [4.78, 5) is 8.59. The van der Waals surface area contributed by atoms with Crippen LogP contribution in [0, 0.1) is 0 Å². The van der Waals surface area contributed by atoms with E-state index in [1.54, 1.807) is 0 Å². The monoisotopic (exact) mass is 225 g/mol. The first-order chi connectivity index (χ1) is 7.33. The minimum atomic E-state index is 0.760. The van der Waals surface area contributed by atoms with Crippen LogP contribution in [0.15, 0.2) is 0 Å². The Morgan fingerprint density at radius 1 is 1.53 bits per heavy atom. The molecule has 2 heterocycles. The van der Waals surface area contributed by atoms with Crippen molar-refractivity contribution in [3.63, 3.8) is 0 Å². The number of aryl methyl sites for hydroxylation is 1. The van der Waals surface area contributed by atoms with Gasteiger partial charge in [0.25, 0.3) is 0 Å². The number of fused-ring (bicyclic) bond motifs is 1. The second kappa shape index (κ2) is 5.05. The summed E-state index contributed by atoms with van der Waals surface area (Å²) >= 11 is 1.90. The predicted octanol–water partition coefficient (Wildman–Crippen LogP) is 1.41. The van der Waals surface area contributed by atoms with Crippen molar-refractivity contribution in [1.29, 1.82) is 0 Å². The topological polar surface area (TPSA) is 42.2 Å². The molecule has 84 valence electrons. The zero-order chi connectivity index (χ0) is 10.7. The SMILES string of the molecule is CCCc1nc2c(s1)CN(CCN)CC2. The Morgan fingerprint density at radius 3 is 3.13 bits per heavy atom. The molecule has 1 aliphatic rings. The highest BCUT2D eigenvalue weighted by Gasteiger charge is 2.19. The lowest BCUT2D eigenvalue weighted by atomic mass is 10.2. The van der Waals surface area contributed by atoms with Crippen molar-refractivity contribution in [3.05, 3.63) is 15.6 Å². The summed E-state index contributed by atoms with van der Waals surface area (Å²) in [6, 6.07) is 0. The van der Waals surface area contributed by atoms with E-state index < -0.39 is 0 Å². The highest BCUT2D eigenvalue weighted by atomic mass is 32.1. The molecular formula is C11H19N3S. The van der Waals surface area contributed by atoms with E-state index in [4.69, 9.17) is 10.7 Å². The Kier molecular flexibility index (Phi) is 3.72. The van der Waals surface area contributed by atoms with Crippen LogP contribution in [0.5, 0.6) is 0 Å². The Bertz CT molecular complexity index is 322. The highest BCUT2D eigenvalue weighted by Crippen LogP contribution is 2.25. The van der Waals surface area contributed by atoms with Crippen LogP contribution < -0.4 is 5.73 Å². The third-order valence-electron chi connectivity index (χ3n) is 2.76. The van der Waals surface area contributed by atoms with Gasteiger partial charge < -0.3 is 5.73 Å². The van der Waals surface area contributed by atoms with Crippen LogP contribution in [0.3, 0.4) is 0 Å².